The number of carbonyl (C=O) groups excluding carboxylic acids is 2. The van der Waals surface area contributed by atoms with Crippen molar-refractivity contribution in [2.75, 3.05) is 20.1 Å². The molecule has 0 unspecified atom stereocenters. The molecule has 2 rings (SSSR count). The molecule has 2 amide bonds. The van der Waals surface area contributed by atoms with Crippen LogP contribution in [0.1, 0.15) is 12.8 Å². The van der Waals surface area contributed by atoms with Gasteiger partial charge in [-0.15, -0.1) is 0 Å². The summed E-state index contributed by atoms with van der Waals surface area (Å²) in [5.74, 6) is -0.563. The van der Waals surface area contributed by atoms with E-state index in [0.29, 0.717) is 12.8 Å². The van der Waals surface area contributed by atoms with Crippen molar-refractivity contribution in [3.8, 4) is 0 Å². The van der Waals surface area contributed by atoms with Gasteiger partial charge in [0.05, 0.1) is 6.10 Å². The Balaban J connectivity index is 1.86. The van der Waals surface area contributed by atoms with Crippen molar-refractivity contribution in [2.45, 2.75) is 25.6 Å². The molecule has 0 radical (unpaired) electrons. The average Bonchev–Trinajstić information content (AvgIpc) is 3.01. The van der Waals surface area contributed by atoms with E-state index in [1.807, 2.05) is 0 Å². The van der Waals surface area contributed by atoms with Gasteiger partial charge in [-0.25, -0.2) is 0 Å². The molecule has 1 heterocycles. The molecule has 2 aliphatic rings. The molecule has 1 aliphatic heterocycles. The zero-order chi connectivity index (χ0) is 12.6. The second-order valence-corrected chi connectivity index (χ2v) is 4.39. The number of rotatable bonds is 4. The summed E-state index contributed by atoms with van der Waals surface area (Å²) in [6, 6.07) is 0. The predicted octanol–water partition coefficient (Wildman–Crippen LogP) is -0.0374. The summed E-state index contributed by atoms with van der Waals surface area (Å²) < 4.78 is 28.0. The van der Waals surface area contributed by atoms with Gasteiger partial charge in [-0.2, -0.15) is 8.78 Å². The van der Waals surface area contributed by atoms with E-state index in [0.717, 1.165) is 0 Å². The van der Waals surface area contributed by atoms with Crippen LogP contribution < -0.4 is 5.32 Å². The molecule has 0 aromatic heterocycles. The lowest BCUT2D eigenvalue weighted by atomic mass is 10.0. The highest BCUT2D eigenvalue weighted by Gasteiger charge is 2.59. The normalized spacial score (nSPS) is 22.2. The lowest BCUT2D eigenvalue weighted by Crippen LogP contribution is -2.58. The van der Waals surface area contributed by atoms with Crippen LogP contribution in [-0.2, 0) is 14.3 Å². The van der Waals surface area contributed by atoms with E-state index in [-0.39, 0.29) is 24.9 Å². The average molecular weight is 248 g/mol. The molecule has 0 aromatic rings. The summed E-state index contributed by atoms with van der Waals surface area (Å²) in [4.78, 5) is 24.9. The number of amides is 2. The van der Waals surface area contributed by atoms with Gasteiger partial charge < -0.3 is 15.0 Å². The zero-order valence-electron chi connectivity index (χ0n) is 9.41. The Morgan fingerprint density at radius 3 is 2.41 bits per heavy atom. The van der Waals surface area contributed by atoms with Gasteiger partial charge in [-0.1, -0.05) is 0 Å². The lowest BCUT2D eigenvalue weighted by molar-refractivity contribution is -0.201. The summed E-state index contributed by atoms with van der Waals surface area (Å²) in [5.41, 5.74) is -0.940. The van der Waals surface area contributed by atoms with Crippen LogP contribution in [0.25, 0.3) is 0 Å². The van der Waals surface area contributed by atoms with Crippen LogP contribution in [0, 0.1) is 5.41 Å². The Hall–Kier alpha value is -1.24. The third kappa shape index (κ3) is 2.11. The Morgan fingerprint density at radius 2 is 2.00 bits per heavy atom. The molecule has 0 spiro atoms. The number of likely N-dealkylation sites (tertiary alicyclic amines) is 1. The SMILES string of the molecule is CNC(=O)C1(C(=O)N2CC(OC(F)F)C2)CC1. The molecule has 7 heteroatoms. The number of ether oxygens (including phenoxy) is 1. The molecule has 0 aromatic carbocycles. The Bertz CT molecular complexity index is 338. The Labute approximate surface area is 97.1 Å². The highest BCUT2D eigenvalue weighted by molar-refractivity contribution is 6.08. The van der Waals surface area contributed by atoms with Crippen molar-refractivity contribution in [1.29, 1.82) is 0 Å². The topological polar surface area (TPSA) is 58.6 Å². The van der Waals surface area contributed by atoms with Crippen LogP contribution in [-0.4, -0.2) is 49.6 Å². The van der Waals surface area contributed by atoms with Crippen molar-refractivity contribution < 1.29 is 23.1 Å². The van der Waals surface area contributed by atoms with E-state index >= 15 is 0 Å². The zero-order valence-corrected chi connectivity index (χ0v) is 9.41. The van der Waals surface area contributed by atoms with Gasteiger partial charge in [0.1, 0.15) is 5.41 Å². The molecule has 5 nitrogen and oxygen atoms in total. The largest absolute Gasteiger partial charge is 0.358 e. The van der Waals surface area contributed by atoms with E-state index in [4.69, 9.17) is 0 Å². The number of nitrogens with zero attached hydrogens (tertiary/aromatic N) is 1. The molecule has 0 bridgehead atoms. The molecule has 1 saturated carbocycles. The highest BCUT2D eigenvalue weighted by Crippen LogP contribution is 2.48. The fourth-order valence-electron chi connectivity index (χ4n) is 2.04. The number of carbonyl (C=O) groups is 2. The van der Waals surface area contributed by atoms with Gasteiger partial charge in [-0.05, 0) is 12.8 Å². The van der Waals surface area contributed by atoms with E-state index in [2.05, 4.69) is 10.1 Å². The highest BCUT2D eigenvalue weighted by atomic mass is 19.3. The molecule has 17 heavy (non-hydrogen) atoms. The van der Waals surface area contributed by atoms with Crippen LogP contribution >= 0.6 is 0 Å². The maximum atomic E-state index is 12.0. The van der Waals surface area contributed by atoms with Crippen molar-refractivity contribution in [3.05, 3.63) is 0 Å². The minimum atomic E-state index is -2.81. The quantitative estimate of drug-likeness (QED) is 0.710. The summed E-state index contributed by atoms with van der Waals surface area (Å²) in [6.07, 6.45) is 0.449. The lowest BCUT2D eigenvalue weighted by Gasteiger charge is -2.40. The smallest absolute Gasteiger partial charge is 0.345 e. The Kier molecular flexibility index (Phi) is 3.03. The van der Waals surface area contributed by atoms with Crippen molar-refractivity contribution in [3.63, 3.8) is 0 Å². The van der Waals surface area contributed by atoms with E-state index in [1.54, 1.807) is 0 Å². The molecule has 0 atom stereocenters. The van der Waals surface area contributed by atoms with Crippen molar-refractivity contribution in [1.82, 2.24) is 10.2 Å². The maximum absolute atomic E-state index is 12.0. The summed E-state index contributed by atoms with van der Waals surface area (Å²) in [5, 5.41) is 2.46. The van der Waals surface area contributed by atoms with Gasteiger partial charge >= 0.3 is 6.61 Å². The number of halogens is 2. The van der Waals surface area contributed by atoms with Gasteiger partial charge in [0.2, 0.25) is 11.8 Å². The van der Waals surface area contributed by atoms with E-state index < -0.39 is 18.1 Å². The second kappa shape index (κ2) is 4.21. The number of hydrogen-bond donors (Lipinski definition) is 1. The van der Waals surface area contributed by atoms with Gasteiger partial charge in [0.25, 0.3) is 0 Å². The van der Waals surface area contributed by atoms with Gasteiger partial charge in [0.15, 0.2) is 0 Å². The van der Waals surface area contributed by atoms with E-state index in [1.165, 1.54) is 11.9 Å². The van der Waals surface area contributed by atoms with Crippen LogP contribution in [0.2, 0.25) is 0 Å². The van der Waals surface area contributed by atoms with E-state index in [9.17, 15) is 18.4 Å². The summed E-state index contributed by atoms with van der Waals surface area (Å²) >= 11 is 0. The molecule has 1 N–H and O–H groups in total. The molecule has 2 fully saturated rings. The van der Waals surface area contributed by atoms with Crippen LogP contribution in [0.5, 0.6) is 0 Å². The van der Waals surface area contributed by atoms with Crippen molar-refractivity contribution >= 4 is 11.8 Å². The number of alkyl halides is 2. The molecule has 96 valence electrons. The third-order valence-corrected chi connectivity index (χ3v) is 3.25. The Morgan fingerprint density at radius 1 is 1.41 bits per heavy atom. The predicted molar refractivity (Wildman–Crippen MR) is 53.2 cm³/mol. The van der Waals surface area contributed by atoms with Crippen molar-refractivity contribution in [2.24, 2.45) is 5.41 Å². The molecule has 1 saturated heterocycles. The standard InChI is InChI=1S/C10H14F2N2O3/c1-13-7(15)10(2-3-10)8(16)14-4-6(5-14)17-9(11)12/h6,9H,2-5H2,1H3,(H,13,15). The summed E-state index contributed by atoms with van der Waals surface area (Å²) in [7, 11) is 1.48. The molecular weight excluding hydrogens is 234 g/mol. The number of hydrogen-bond acceptors (Lipinski definition) is 3. The summed E-state index contributed by atoms with van der Waals surface area (Å²) in [6.45, 7) is -2.53. The first-order valence-corrected chi connectivity index (χ1v) is 5.45. The van der Waals surface area contributed by atoms with Crippen LogP contribution in [0.4, 0.5) is 8.78 Å². The first-order valence-electron chi connectivity index (χ1n) is 5.45. The fourth-order valence-corrected chi connectivity index (χ4v) is 2.04. The van der Waals surface area contributed by atoms with Crippen LogP contribution in [0.15, 0.2) is 0 Å². The van der Waals surface area contributed by atoms with Gasteiger partial charge in [-0.3, -0.25) is 9.59 Å². The first kappa shape index (κ1) is 12.2. The van der Waals surface area contributed by atoms with Gasteiger partial charge in [0, 0.05) is 20.1 Å². The molecular formula is C10H14F2N2O3. The van der Waals surface area contributed by atoms with Crippen LogP contribution in [0.3, 0.4) is 0 Å². The monoisotopic (exact) mass is 248 g/mol. The third-order valence-electron chi connectivity index (χ3n) is 3.25. The first-order chi connectivity index (χ1) is 7.99. The minimum absolute atomic E-state index is 0.141. The maximum Gasteiger partial charge on any atom is 0.345 e. The second-order valence-electron chi connectivity index (χ2n) is 4.39. The minimum Gasteiger partial charge on any atom is -0.358 e. The number of nitrogens with one attached hydrogen (secondary N) is 1. The molecule has 1 aliphatic carbocycles. The fraction of sp³-hybridized carbons (Fsp3) is 0.800.